The number of fused-ring (bicyclic) bond motifs is 1. The second kappa shape index (κ2) is 7.46. The van der Waals surface area contributed by atoms with E-state index in [-0.39, 0.29) is 22.5 Å². The molecule has 0 aliphatic heterocycles. The maximum Gasteiger partial charge on any atom is 0.337 e. The van der Waals surface area contributed by atoms with Gasteiger partial charge in [-0.15, -0.1) is 0 Å². The molecule has 0 saturated heterocycles. The number of carbonyl (C=O) groups is 2. The molecular weight excluding hydrogens is 357 g/mol. The van der Waals surface area contributed by atoms with E-state index in [0.717, 1.165) is 24.0 Å². The lowest BCUT2D eigenvalue weighted by Crippen LogP contribution is -2.34. The quantitative estimate of drug-likeness (QED) is 0.743. The molecule has 1 aliphatic rings. The lowest BCUT2D eigenvalue weighted by Gasteiger charge is -2.29. The van der Waals surface area contributed by atoms with Crippen molar-refractivity contribution in [2.24, 2.45) is 0 Å². The Kier molecular flexibility index (Phi) is 5.28. The van der Waals surface area contributed by atoms with Crippen LogP contribution in [-0.4, -0.2) is 30.4 Å². The van der Waals surface area contributed by atoms with Gasteiger partial charge in [0.25, 0.3) is 5.91 Å². The molecule has 4 nitrogen and oxygen atoms in total. The average Bonchev–Trinajstić information content (AvgIpc) is 3.07. The van der Waals surface area contributed by atoms with E-state index in [2.05, 4.69) is 0 Å². The molecule has 2 aromatic rings. The first-order valence-corrected chi connectivity index (χ1v) is 8.81. The third-order valence-corrected chi connectivity index (χ3v) is 5.16. The Morgan fingerprint density at radius 1 is 1.31 bits per heavy atom. The standard InChI is InChI=1S/C20H19ClFNO3/c1-3-23(19(24)14-5-4-6-16(22)18(14)21)17-10-9-12-7-8-13(11-15(12)17)20(25)26-2/h4-8,11,17H,3,9-10H2,1-2H3. The molecule has 3 rings (SSSR count). The van der Waals surface area contributed by atoms with Gasteiger partial charge in [-0.2, -0.15) is 0 Å². The van der Waals surface area contributed by atoms with Gasteiger partial charge >= 0.3 is 5.97 Å². The summed E-state index contributed by atoms with van der Waals surface area (Å²) < 4.78 is 18.5. The number of halogens is 2. The molecule has 2 aromatic carbocycles. The highest BCUT2D eigenvalue weighted by Gasteiger charge is 2.32. The molecule has 1 amide bonds. The molecule has 136 valence electrons. The van der Waals surface area contributed by atoms with E-state index < -0.39 is 11.8 Å². The van der Waals surface area contributed by atoms with Crippen molar-refractivity contribution in [2.75, 3.05) is 13.7 Å². The van der Waals surface area contributed by atoms with Crippen LogP contribution in [0, 0.1) is 5.82 Å². The topological polar surface area (TPSA) is 46.6 Å². The minimum Gasteiger partial charge on any atom is -0.465 e. The average molecular weight is 376 g/mol. The number of ether oxygens (including phenoxy) is 1. The van der Waals surface area contributed by atoms with Crippen molar-refractivity contribution in [1.29, 1.82) is 0 Å². The van der Waals surface area contributed by atoms with Crippen LogP contribution in [-0.2, 0) is 11.2 Å². The van der Waals surface area contributed by atoms with Crippen molar-refractivity contribution in [1.82, 2.24) is 4.90 Å². The summed E-state index contributed by atoms with van der Waals surface area (Å²) in [6.45, 7) is 2.31. The van der Waals surface area contributed by atoms with Gasteiger partial charge in [-0.1, -0.05) is 23.7 Å². The molecule has 0 bridgehead atoms. The Morgan fingerprint density at radius 2 is 2.08 bits per heavy atom. The Morgan fingerprint density at radius 3 is 2.77 bits per heavy atom. The number of hydrogen-bond donors (Lipinski definition) is 0. The van der Waals surface area contributed by atoms with Crippen molar-refractivity contribution >= 4 is 23.5 Å². The van der Waals surface area contributed by atoms with E-state index in [1.165, 1.54) is 25.3 Å². The van der Waals surface area contributed by atoms with Gasteiger partial charge in [-0.3, -0.25) is 4.79 Å². The summed E-state index contributed by atoms with van der Waals surface area (Å²) in [5.74, 6) is -1.35. The number of methoxy groups -OCH3 is 1. The normalized spacial score (nSPS) is 15.5. The van der Waals surface area contributed by atoms with E-state index in [9.17, 15) is 14.0 Å². The first-order valence-electron chi connectivity index (χ1n) is 8.44. The fraction of sp³-hybridized carbons (Fsp3) is 0.300. The van der Waals surface area contributed by atoms with Crippen LogP contribution < -0.4 is 0 Å². The summed E-state index contributed by atoms with van der Waals surface area (Å²) in [7, 11) is 1.33. The van der Waals surface area contributed by atoms with E-state index >= 15 is 0 Å². The Labute approximate surface area is 156 Å². The van der Waals surface area contributed by atoms with Crippen LogP contribution in [0.4, 0.5) is 4.39 Å². The SMILES string of the molecule is CCN(C(=O)c1cccc(F)c1Cl)C1CCc2ccc(C(=O)OC)cc21. The lowest BCUT2D eigenvalue weighted by atomic mass is 10.0. The number of hydrogen-bond acceptors (Lipinski definition) is 3. The zero-order valence-corrected chi connectivity index (χ0v) is 15.3. The minimum absolute atomic E-state index is 0.145. The van der Waals surface area contributed by atoms with Crippen LogP contribution in [0.25, 0.3) is 0 Å². The molecule has 0 aromatic heterocycles. The van der Waals surface area contributed by atoms with Crippen LogP contribution in [0.2, 0.25) is 5.02 Å². The van der Waals surface area contributed by atoms with Gasteiger partial charge < -0.3 is 9.64 Å². The molecular formula is C20H19ClFNO3. The van der Waals surface area contributed by atoms with E-state index in [1.54, 1.807) is 17.0 Å². The first-order chi connectivity index (χ1) is 12.5. The highest BCUT2D eigenvalue weighted by molar-refractivity contribution is 6.34. The van der Waals surface area contributed by atoms with E-state index in [4.69, 9.17) is 16.3 Å². The van der Waals surface area contributed by atoms with Gasteiger partial charge in [0.2, 0.25) is 0 Å². The fourth-order valence-corrected chi connectivity index (χ4v) is 3.69. The van der Waals surface area contributed by atoms with Crippen LogP contribution in [0.5, 0.6) is 0 Å². The van der Waals surface area contributed by atoms with E-state index in [1.807, 2.05) is 13.0 Å². The number of rotatable bonds is 4. The molecule has 0 fully saturated rings. The van der Waals surface area contributed by atoms with Crippen LogP contribution in [0.3, 0.4) is 0 Å². The van der Waals surface area contributed by atoms with Crippen molar-refractivity contribution in [3.8, 4) is 0 Å². The van der Waals surface area contributed by atoms with Crippen molar-refractivity contribution in [3.63, 3.8) is 0 Å². The zero-order valence-electron chi connectivity index (χ0n) is 14.6. The smallest absolute Gasteiger partial charge is 0.337 e. The Bertz CT molecular complexity index is 868. The molecule has 0 saturated carbocycles. The number of carbonyl (C=O) groups excluding carboxylic acids is 2. The summed E-state index contributed by atoms with van der Waals surface area (Å²) in [6.07, 6.45) is 1.55. The number of esters is 1. The number of aryl methyl sites for hydroxylation is 1. The molecule has 0 N–H and O–H groups in total. The molecule has 26 heavy (non-hydrogen) atoms. The monoisotopic (exact) mass is 375 g/mol. The van der Waals surface area contributed by atoms with Gasteiger partial charge in [0.05, 0.1) is 29.3 Å². The summed E-state index contributed by atoms with van der Waals surface area (Å²) in [6, 6.07) is 9.44. The Hall–Kier alpha value is -2.40. The van der Waals surface area contributed by atoms with Crippen LogP contribution in [0.15, 0.2) is 36.4 Å². The van der Waals surface area contributed by atoms with Gasteiger partial charge in [-0.05, 0) is 55.2 Å². The predicted molar refractivity (Wildman–Crippen MR) is 97.0 cm³/mol. The number of benzene rings is 2. The maximum atomic E-state index is 13.7. The van der Waals surface area contributed by atoms with Crippen molar-refractivity contribution < 1.29 is 18.7 Å². The second-order valence-electron chi connectivity index (χ2n) is 6.15. The minimum atomic E-state index is -0.617. The highest BCUT2D eigenvalue weighted by Crippen LogP contribution is 2.37. The Balaban J connectivity index is 1.97. The van der Waals surface area contributed by atoms with Crippen molar-refractivity contribution in [3.05, 3.63) is 69.5 Å². The van der Waals surface area contributed by atoms with Gasteiger partial charge in [0, 0.05) is 6.54 Å². The molecule has 0 radical (unpaired) electrons. The largest absolute Gasteiger partial charge is 0.465 e. The van der Waals surface area contributed by atoms with Gasteiger partial charge in [0.15, 0.2) is 0 Å². The summed E-state index contributed by atoms with van der Waals surface area (Å²) in [5.41, 5.74) is 2.62. The zero-order chi connectivity index (χ0) is 18.8. The van der Waals surface area contributed by atoms with Crippen LogP contribution in [0.1, 0.15) is 51.2 Å². The molecule has 0 spiro atoms. The molecule has 6 heteroatoms. The maximum absolute atomic E-state index is 13.7. The molecule has 0 heterocycles. The van der Waals surface area contributed by atoms with Crippen molar-refractivity contribution in [2.45, 2.75) is 25.8 Å². The fourth-order valence-electron chi connectivity index (χ4n) is 3.48. The number of amides is 1. The van der Waals surface area contributed by atoms with E-state index in [0.29, 0.717) is 12.1 Å². The number of nitrogens with zero attached hydrogens (tertiary/aromatic N) is 1. The summed E-state index contributed by atoms with van der Waals surface area (Å²) >= 11 is 6.00. The summed E-state index contributed by atoms with van der Waals surface area (Å²) in [5, 5.41) is -0.169. The summed E-state index contributed by atoms with van der Waals surface area (Å²) in [4.78, 5) is 26.5. The molecule has 1 atom stereocenters. The third-order valence-electron chi connectivity index (χ3n) is 4.77. The van der Waals surface area contributed by atoms with Gasteiger partial charge in [0.1, 0.15) is 5.82 Å². The van der Waals surface area contributed by atoms with Crippen LogP contribution >= 0.6 is 11.6 Å². The predicted octanol–water partition coefficient (Wildman–Crippen LogP) is 4.42. The molecule has 1 aliphatic carbocycles. The molecule has 1 unspecified atom stereocenters. The second-order valence-corrected chi connectivity index (χ2v) is 6.53. The van der Waals surface area contributed by atoms with Gasteiger partial charge in [-0.25, -0.2) is 9.18 Å². The third kappa shape index (κ3) is 3.19. The first kappa shape index (κ1) is 18.4. The highest BCUT2D eigenvalue weighted by atomic mass is 35.5. The lowest BCUT2D eigenvalue weighted by molar-refractivity contribution is 0.0600.